The zero-order valence-corrected chi connectivity index (χ0v) is 11.6. The molecule has 3 heteroatoms. The molecule has 0 unspecified atom stereocenters. The molecule has 1 aliphatic carbocycles. The summed E-state index contributed by atoms with van der Waals surface area (Å²) in [6, 6.07) is 8.70. The van der Waals surface area contributed by atoms with Crippen molar-refractivity contribution < 1.29 is 4.74 Å². The Hall–Kier alpha value is -1.06. The summed E-state index contributed by atoms with van der Waals surface area (Å²) in [6.45, 7) is 5.60. The van der Waals surface area contributed by atoms with Crippen LogP contribution < -0.4 is 10.1 Å². The SMILES string of the molecule is c1cc(OC2CCCC2)ccc1CN1CCNCC1. The average molecular weight is 260 g/mol. The molecule has 2 aliphatic rings. The van der Waals surface area contributed by atoms with E-state index in [4.69, 9.17) is 4.74 Å². The normalized spacial score (nSPS) is 21.7. The molecule has 0 bridgehead atoms. The van der Waals surface area contributed by atoms with Crippen LogP contribution in [0, 0.1) is 0 Å². The van der Waals surface area contributed by atoms with E-state index in [2.05, 4.69) is 34.5 Å². The van der Waals surface area contributed by atoms with Crippen LogP contribution in [0.5, 0.6) is 5.75 Å². The highest BCUT2D eigenvalue weighted by Gasteiger charge is 2.16. The lowest BCUT2D eigenvalue weighted by Crippen LogP contribution is -2.42. The van der Waals surface area contributed by atoms with Crippen molar-refractivity contribution in [3.8, 4) is 5.75 Å². The van der Waals surface area contributed by atoms with Crippen LogP contribution in [-0.2, 0) is 6.54 Å². The number of nitrogens with one attached hydrogen (secondary N) is 1. The van der Waals surface area contributed by atoms with Gasteiger partial charge in [0.15, 0.2) is 0 Å². The standard InChI is InChI=1S/C16H24N2O/c1-2-4-15(3-1)19-16-7-5-14(6-8-16)13-18-11-9-17-10-12-18/h5-8,15,17H,1-4,9-13H2. The minimum Gasteiger partial charge on any atom is -0.490 e. The Kier molecular flexibility index (Phi) is 4.36. The summed E-state index contributed by atoms with van der Waals surface area (Å²) in [7, 11) is 0. The van der Waals surface area contributed by atoms with Crippen molar-refractivity contribution in [2.45, 2.75) is 38.3 Å². The van der Waals surface area contributed by atoms with Crippen LogP contribution in [0.4, 0.5) is 0 Å². The van der Waals surface area contributed by atoms with E-state index < -0.39 is 0 Å². The van der Waals surface area contributed by atoms with Crippen LogP contribution >= 0.6 is 0 Å². The molecule has 0 radical (unpaired) electrons. The van der Waals surface area contributed by atoms with Crippen molar-refractivity contribution >= 4 is 0 Å². The molecular weight excluding hydrogens is 236 g/mol. The molecule has 0 amide bonds. The Labute approximate surface area is 115 Å². The molecule has 1 aromatic carbocycles. The second kappa shape index (κ2) is 6.40. The van der Waals surface area contributed by atoms with E-state index in [1.54, 1.807) is 0 Å². The number of hydrogen-bond acceptors (Lipinski definition) is 3. The third-order valence-electron chi connectivity index (χ3n) is 4.14. The third-order valence-corrected chi connectivity index (χ3v) is 4.14. The summed E-state index contributed by atoms with van der Waals surface area (Å²) in [5.41, 5.74) is 1.39. The van der Waals surface area contributed by atoms with Gasteiger partial charge in [-0.3, -0.25) is 4.90 Å². The van der Waals surface area contributed by atoms with Gasteiger partial charge in [-0.1, -0.05) is 12.1 Å². The molecule has 3 nitrogen and oxygen atoms in total. The molecule has 1 aromatic rings. The zero-order valence-electron chi connectivity index (χ0n) is 11.6. The van der Waals surface area contributed by atoms with Crippen LogP contribution in [0.1, 0.15) is 31.2 Å². The second-order valence-electron chi connectivity index (χ2n) is 5.69. The third kappa shape index (κ3) is 3.71. The predicted molar refractivity (Wildman–Crippen MR) is 77.5 cm³/mol. The van der Waals surface area contributed by atoms with Crippen molar-refractivity contribution in [1.82, 2.24) is 10.2 Å². The average Bonchev–Trinajstić information content (AvgIpc) is 2.95. The summed E-state index contributed by atoms with van der Waals surface area (Å²) in [5, 5.41) is 3.39. The molecule has 104 valence electrons. The second-order valence-corrected chi connectivity index (χ2v) is 5.69. The molecule has 1 heterocycles. The maximum Gasteiger partial charge on any atom is 0.119 e. The fraction of sp³-hybridized carbons (Fsp3) is 0.625. The van der Waals surface area contributed by atoms with Gasteiger partial charge < -0.3 is 10.1 Å². The Bertz CT molecular complexity index is 378. The Balaban J connectivity index is 1.52. The van der Waals surface area contributed by atoms with Crippen molar-refractivity contribution in [2.75, 3.05) is 26.2 Å². The molecule has 0 aromatic heterocycles. The topological polar surface area (TPSA) is 24.5 Å². The van der Waals surface area contributed by atoms with Gasteiger partial charge in [-0.25, -0.2) is 0 Å². The fourth-order valence-electron chi connectivity index (χ4n) is 3.00. The molecule has 1 saturated carbocycles. The zero-order chi connectivity index (χ0) is 12.9. The van der Waals surface area contributed by atoms with Crippen LogP contribution in [0.3, 0.4) is 0 Å². The molecular formula is C16H24N2O. The maximum atomic E-state index is 6.00. The van der Waals surface area contributed by atoms with E-state index in [9.17, 15) is 0 Å². The lowest BCUT2D eigenvalue weighted by molar-refractivity contribution is 0.209. The smallest absolute Gasteiger partial charge is 0.119 e. The Morgan fingerprint density at radius 1 is 1.05 bits per heavy atom. The van der Waals surface area contributed by atoms with E-state index in [1.165, 1.54) is 31.2 Å². The maximum absolute atomic E-state index is 6.00. The van der Waals surface area contributed by atoms with E-state index in [1.807, 2.05) is 0 Å². The van der Waals surface area contributed by atoms with Crippen molar-refractivity contribution in [1.29, 1.82) is 0 Å². The van der Waals surface area contributed by atoms with Crippen molar-refractivity contribution in [3.63, 3.8) is 0 Å². The van der Waals surface area contributed by atoms with Crippen molar-refractivity contribution in [3.05, 3.63) is 29.8 Å². The fourth-order valence-corrected chi connectivity index (χ4v) is 3.00. The Morgan fingerprint density at radius 2 is 1.74 bits per heavy atom. The molecule has 2 fully saturated rings. The summed E-state index contributed by atoms with van der Waals surface area (Å²) in [4.78, 5) is 2.50. The summed E-state index contributed by atoms with van der Waals surface area (Å²) < 4.78 is 6.00. The number of rotatable bonds is 4. The summed E-state index contributed by atoms with van der Waals surface area (Å²) >= 11 is 0. The lowest BCUT2D eigenvalue weighted by Gasteiger charge is -2.27. The van der Waals surface area contributed by atoms with Gasteiger partial charge in [0.25, 0.3) is 0 Å². The molecule has 1 saturated heterocycles. The number of hydrogen-bond donors (Lipinski definition) is 1. The predicted octanol–water partition coefficient (Wildman–Crippen LogP) is 2.41. The first-order valence-corrected chi connectivity index (χ1v) is 7.59. The quantitative estimate of drug-likeness (QED) is 0.900. The highest BCUT2D eigenvalue weighted by atomic mass is 16.5. The van der Waals surface area contributed by atoms with E-state index >= 15 is 0 Å². The first kappa shape index (κ1) is 12.9. The molecule has 0 atom stereocenters. The number of piperazine rings is 1. The van der Waals surface area contributed by atoms with Gasteiger partial charge in [-0.05, 0) is 43.4 Å². The first-order chi connectivity index (χ1) is 9.40. The van der Waals surface area contributed by atoms with E-state index in [0.29, 0.717) is 6.10 Å². The minimum absolute atomic E-state index is 0.457. The van der Waals surface area contributed by atoms with Gasteiger partial charge in [-0.2, -0.15) is 0 Å². The highest BCUT2D eigenvalue weighted by molar-refractivity contribution is 5.27. The van der Waals surface area contributed by atoms with Gasteiger partial charge in [0.2, 0.25) is 0 Å². The highest BCUT2D eigenvalue weighted by Crippen LogP contribution is 2.24. The molecule has 1 aliphatic heterocycles. The minimum atomic E-state index is 0.457. The largest absolute Gasteiger partial charge is 0.490 e. The van der Waals surface area contributed by atoms with Crippen LogP contribution in [0.25, 0.3) is 0 Å². The molecule has 1 N–H and O–H groups in total. The van der Waals surface area contributed by atoms with Gasteiger partial charge in [0.05, 0.1) is 6.10 Å². The number of benzene rings is 1. The van der Waals surface area contributed by atoms with Crippen LogP contribution in [0.2, 0.25) is 0 Å². The molecule has 3 rings (SSSR count). The van der Waals surface area contributed by atoms with Crippen molar-refractivity contribution in [2.24, 2.45) is 0 Å². The monoisotopic (exact) mass is 260 g/mol. The van der Waals surface area contributed by atoms with Gasteiger partial charge in [-0.15, -0.1) is 0 Å². The molecule has 0 spiro atoms. The number of ether oxygens (including phenoxy) is 1. The van der Waals surface area contributed by atoms with Gasteiger partial charge in [0.1, 0.15) is 5.75 Å². The van der Waals surface area contributed by atoms with E-state index in [0.717, 1.165) is 38.5 Å². The van der Waals surface area contributed by atoms with Crippen LogP contribution in [0.15, 0.2) is 24.3 Å². The first-order valence-electron chi connectivity index (χ1n) is 7.59. The van der Waals surface area contributed by atoms with Gasteiger partial charge >= 0.3 is 0 Å². The van der Waals surface area contributed by atoms with Gasteiger partial charge in [0, 0.05) is 32.7 Å². The lowest BCUT2D eigenvalue weighted by atomic mass is 10.2. The number of nitrogens with zero attached hydrogens (tertiary/aromatic N) is 1. The Morgan fingerprint density at radius 3 is 2.42 bits per heavy atom. The van der Waals surface area contributed by atoms with Crippen LogP contribution in [-0.4, -0.2) is 37.2 Å². The molecule has 19 heavy (non-hydrogen) atoms. The van der Waals surface area contributed by atoms with E-state index in [-0.39, 0.29) is 0 Å². The summed E-state index contributed by atoms with van der Waals surface area (Å²) in [5.74, 6) is 1.04. The summed E-state index contributed by atoms with van der Waals surface area (Å²) in [6.07, 6.45) is 5.56.